The van der Waals surface area contributed by atoms with Crippen molar-refractivity contribution in [2.45, 2.75) is 13.3 Å². The molecule has 3 rings (SSSR count). The third kappa shape index (κ3) is 4.26. The van der Waals surface area contributed by atoms with Crippen LogP contribution in [-0.2, 0) is 6.42 Å². The van der Waals surface area contributed by atoms with Gasteiger partial charge in [0, 0.05) is 17.7 Å². The number of halogens is 1. The number of hydrogen-bond donors (Lipinski definition) is 2. The Morgan fingerprint density at radius 1 is 1.07 bits per heavy atom. The van der Waals surface area contributed by atoms with E-state index in [0.29, 0.717) is 17.8 Å². The number of benzene rings is 2. The van der Waals surface area contributed by atoms with Crippen LogP contribution in [0, 0.1) is 15.9 Å². The summed E-state index contributed by atoms with van der Waals surface area (Å²) >= 11 is 0. The third-order valence-electron chi connectivity index (χ3n) is 4.15. The second kappa shape index (κ2) is 8.30. The fourth-order valence-electron chi connectivity index (χ4n) is 2.70. The Bertz CT molecular complexity index is 1060. The number of carbonyl (C=O) groups excluding carboxylic acids is 2. The van der Waals surface area contributed by atoms with Gasteiger partial charge in [-0.3, -0.25) is 30.6 Å². The molecule has 0 saturated carbocycles. The molecule has 9 nitrogen and oxygen atoms in total. The largest absolute Gasteiger partial charge is 0.273 e. The number of carbonyl (C=O) groups is 2. The lowest BCUT2D eigenvalue weighted by Gasteiger charge is -2.09. The molecule has 0 unspecified atom stereocenters. The molecule has 10 heteroatoms. The van der Waals surface area contributed by atoms with E-state index in [1.54, 1.807) is 12.1 Å². The van der Waals surface area contributed by atoms with Crippen molar-refractivity contribution in [3.63, 3.8) is 0 Å². The van der Waals surface area contributed by atoms with E-state index in [0.717, 1.165) is 0 Å². The molecule has 2 amide bonds. The van der Waals surface area contributed by atoms with Crippen LogP contribution in [0.25, 0.3) is 5.69 Å². The highest BCUT2D eigenvalue weighted by molar-refractivity contribution is 5.99. The van der Waals surface area contributed by atoms with E-state index < -0.39 is 16.7 Å². The number of rotatable bonds is 5. The van der Waals surface area contributed by atoms with Crippen molar-refractivity contribution < 1.29 is 18.9 Å². The Morgan fingerprint density at radius 2 is 1.69 bits per heavy atom. The highest BCUT2D eigenvalue weighted by Gasteiger charge is 2.18. The molecule has 0 atom stereocenters. The van der Waals surface area contributed by atoms with Gasteiger partial charge in [0.1, 0.15) is 5.82 Å². The van der Waals surface area contributed by atoms with E-state index in [1.165, 1.54) is 47.3 Å². The lowest BCUT2D eigenvalue weighted by atomic mass is 10.2. The summed E-state index contributed by atoms with van der Waals surface area (Å²) in [5.74, 6) is -1.59. The number of nitrogens with one attached hydrogen (secondary N) is 2. The van der Waals surface area contributed by atoms with Crippen LogP contribution in [0.15, 0.2) is 54.7 Å². The van der Waals surface area contributed by atoms with Crippen molar-refractivity contribution in [2.75, 3.05) is 0 Å². The molecular weight excluding hydrogens is 381 g/mol. The number of nitro benzene ring substituents is 1. The van der Waals surface area contributed by atoms with Crippen LogP contribution < -0.4 is 10.9 Å². The standard InChI is InChI=1S/C19H16FN5O4/c1-2-17-16(11-21-24(17)14-9-5-13(20)6-10-14)19(27)23-22-18(26)12-3-7-15(8-4-12)25(28)29/h3-11H,2H2,1H3,(H,22,26)(H,23,27). The molecule has 1 heterocycles. The normalized spacial score (nSPS) is 10.4. The highest BCUT2D eigenvalue weighted by Crippen LogP contribution is 2.16. The first-order valence-corrected chi connectivity index (χ1v) is 8.58. The van der Waals surface area contributed by atoms with Gasteiger partial charge >= 0.3 is 0 Å². The Balaban J connectivity index is 1.71. The predicted octanol–water partition coefficient (Wildman–Crippen LogP) is 2.56. The number of non-ortho nitro benzene ring substituents is 1. The number of hydrazine groups is 1. The molecule has 0 aliphatic carbocycles. The second-order valence-electron chi connectivity index (χ2n) is 5.96. The SMILES string of the molecule is CCc1c(C(=O)NNC(=O)c2ccc([N+](=O)[O-])cc2)cnn1-c1ccc(F)cc1. The molecule has 148 valence electrons. The Morgan fingerprint density at radius 3 is 2.28 bits per heavy atom. The molecule has 0 bridgehead atoms. The minimum absolute atomic E-state index is 0.147. The molecule has 1 aromatic heterocycles. The lowest BCUT2D eigenvalue weighted by molar-refractivity contribution is -0.384. The van der Waals surface area contributed by atoms with Gasteiger partial charge in [0.2, 0.25) is 0 Å². The summed E-state index contributed by atoms with van der Waals surface area (Å²) in [6.07, 6.45) is 1.83. The average Bonchev–Trinajstić information content (AvgIpc) is 3.16. The minimum Gasteiger partial charge on any atom is -0.267 e. The first-order valence-electron chi connectivity index (χ1n) is 8.58. The first-order chi connectivity index (χ1) is 13.9. The van der Waals surface area contributed by atoms with E-state index in [4.69, 9.17) is 0 Å². The Labute approximate surface area is 164 Å². The van der Waals surface area contributed by atoms with Gasteiger partial charge in [0.05, 0.1) is 28.1 Å². The van der Waals surface area contributed by atoms with Crippen molar-refractivity contribution in [1.29, 1.82) is 0 Å². The van der Waals surface area contributed by atoms with Crippen molar-refractivity contribution in [1.82, 2.24) is 20.6 Å². The van der Waals surface area contributed by atoms with Crippen molar-refractivity contribution in [3.05, 3.63) is 87.5 Å². The molecule has 0 saturated heterocycles. The van der Waals surface area contributed by atoms with E-state index in [9.17, 15) is 24.1 Å². The van der Waals surface area contributed by atoms with Crippen LogP contribution in [-0.4, -0.2) is 26.5 Å². The van der Waals surface area contributed by atoms with E-state index in [1.807, 2.05) is 6.92 Å². The summed E-state index contributed by atoms with van der Waals surface area (Å²) in [5.41, 5.74) is 5.98. The van der Waals surface area contributed by atoms with Gasteiger partial charge in [-0.1, -0.05) is 6.92 Å². The number of nitrogens with zero attached hydrogens (tertiary/aromatic N) is 3. The van der Waals surface area contributed by atoms with Crippen LogP contribution in [0.3, 0.4) is 0 Å². The van der Waals surface area contributed by atoms with Crippen LogP contribution in [0.2, 0.25) is 0 Å². The summed E-state index contributed by atoms with van der Waals surface area (Å²) in [5, 5.41) is 14.8. The maximum absolute atomic E-state index is 13.1. The number of nitro groups is 1. The molecule has 2 aromatic carbocycles. The third-order valence-corrected chi connectivity index (χ3v) is 4.15. The topological polar surface area (TPSA) is 119 Å². The molecular formula is C19H16FN5O4. The average molecular weight is 397 g/mol. The van der Waals surface area contributed by atoms with Gasteiger partial charge < -0.3 is 0 Å². The van der Waals surface area contributed by atoms with Gasteiger partial charge in [-0.15, -0.1) is 0 Å². The fourth-order valence-corrected chi connectivity index (χ4v) is 2.70. The zero-order chi connectivity index (χ0) is 21.0. The lowest BCUT2D eigenvalue weighted by Crippen LogP contribution is -2.41. The molecule has 0 spiro atoms. The molecule has 0 radical (unpaired) electrons. The van der Waals surface area contributed by atoms with Crippen molar-refractivity contribution in [3.8, 4) is 5.69 Å². The number of aromatic nitrogens is 2. The van der Waals surface area contributed by atoms with Crippen molar-refractivity contribution >= 4 is 17.5 Å². The van der Waals surface area contributed by atoms with Crippen LogP contribution in [0.4, 0.5) is 10.1 Å². The number of amides is 2. The Kier molecular flexibility index (Phi) is 5.63. The summed E-state index contributed by atoms with van der Waals surface area (Å²) < 4.78 is 14.6. The summed E-state index contributed by atoms with van der Waals surface area (Å²) in [4.78, 5) is 34.7. The molecule has 2 N–H and O–H groups in total. The van der Waals surface area contributed by atoms with E-state index >= 15 is 0 Å². The summed E-state index contributed by atoms with van der Waals surface area (Å²) in [6, 6.07) is 10.6. The summed E-state index contributed by atoms with van der Waals surface area (Å²) in [7, 11) is 0. The maximum atomic E-state index is 13.1. The van der Waals surface area contributed by atoms with E-state index in [-0.39, 0.29) is 22.6 Å². The Hall–Kier alpha value is -4.08. The molecule has 0 aliphatic heterocycles. The second-order valence-corrected chi connectivity index (χ2v) is 5.96. The first kappa shape index (κ1) is 19.7. The zero-order valence-corrected chi connectivity index (χ0v) is 15.3. The molecule has 0 fully saturated rings. The van der Waals surface area contributed by atoms with Gasteiger partial charge in [0.25, 0.3) is 17.5 Å². The predicted molar refractivity (Wildman–Crippen MR) is 101 cm³/mol. The monoisotopic (exact) mass is 397 g/mol. The smallest absolute Gasteiger partial charge is 0.267 e. The van der Waals surface area contributed by atoms with Gasteiger partial charge in [-0.25, -0.2) is 9.07 Å². The maximum Gasteiger partial charge on any atom is 0.273 e. The molecule has 29 heavy (non-hydrogen) atoms. The van der Waals surface area contributed by atoms with E-state index in [2.05, 4.69) is 16.0 Å². The molecule has 0 aliphatic rings. The highest BCUT2D eigenvalue weighted by atomic mass is 19.1. The summed E-state index contributed by atoms with van der Waals surface area (Å²) in [6.45, 7) is 1.84. The van der Waals surface area contributed by atoms with Gasteiger partial charge in [0.15, 0.2) is 0 Å². The van der Waals surface area contributed by atoms with Crippen LogP contribution in [0.5, 0.6) is 0 Å². The minimum atomic E-state index is -0.628. The zero-order valence-electron chi connectivity index (χ0n) is 15.3. The van der Waals surface area contributed by atoms with Crippen LogP contribution >= 0.6 is 0 Å². The van der Waals surface area contributed by atoms with Gasteiger partial charge in [-0.05, 0) is 42.8 Å². The van der Waals surface area contributed by atoms with Crippen molar-refractivity contribution in [2.24, 2.45) is 0 Å². The number of hydrogen-bond acceptors (Lipinski definition) is 5. The van der Waals surface area contributed by atoms with Crippen LogP contribution in [0.1, 0.15) is 33.3 Å². The fraction of sp³-hybridized carbons (Fsp3) is 0.105. The molecule has 3 aromatic rings. The van der Waals surface area contributed by atoms with Gasteiger partial charge in [-0.2, -0.15) is 5.10 Å². The quantitative estimate of drug-likeness (QED) is 0.507.